The summed E-state index contributed by atoms with van der Waals surface area (Å²) in [4.78, 5) is 42.2. The predicted octanol–water partition coefficient (Wildman–Crippen LogP) is 5.79. The highest BCUT2D eigenvalue weighted by atomic mass is 35.5. The molecule has 3 aromatic rings. The number of rotatable bonds is 5. The molecule has 36 heavy (non-hydrogen) atoms. The molecule has 4 rings (SSSR count). The van der Waals surface area contributed by atoms with Crippen LogP contribution in [0.2, 0.25) is 10.0 Å². The van der Waals surface area contributed by atoms with Gasteiger partial charge in [0.2, 0.25) is 0 Å². The molecule has 1 heterocycles. The van der Waals surface area contributed by atoms with Gasteiger partial charge in [-0.15, -0.1) is 0 Å². The van der Waals surface area contributed by atoms with Gasteiger partial charge in [-0.2, -0.15) is 0 Å². The van der Waals surface area contributed by atoms with Crippen molar-refractivity contribution in [1.29, 1.82) is 0 Å². The first-order chi connectivity index (χ1) is 17.2. The second-order valence-electron chi connectivity index (χ2n) is 8.92. The van der Waals surface area contributed by atoms with Crippen molar-refractivity contribution in [1.82, 2.24) is 10.3 Å². The second-order valence-corrected chi connectivity index (χ2v) is 9.71. The molecule has 0 bridgehead atoms. The average Bonchev–Trinajstić information content (AvgIpc) is 2.83. The fourth-order valence-corrected chi connectivity index (χ4v) is 4.75. The van der Waals surface area contributed by atoms with E-state index in [1.807, 2.05) is 41.7 Å². The van der Waals surface area contributed by atoms with Crippen LogP contribution in [-0.4, -0.2) is 29.0 Å². The number of nitrogens with zero attached hydrogens (tertiary/aromatic N) is 1. The monoisotopic (exact) mass is 525 g/mol. The van der Waals surface area contributed by atoms with Gasteiger partial charge in [0.1, 0.15) is 0 Å². The number of carbonyl (C=O) groups is 3. The number of nitrogens with one attached hydrogen (secondary N) is 1. The summed E-state index contributed by atoms with van der Waals surface area (Å²) in [6.45, 7) is 3.43. The molecule has 1 aliphatic rings. The average molecular weight is 526 g/mol. The van der Waals surface area contributed by atoms with E-state index in [0.29, 0.717) is 38.6 Å². The van der Waals surface area contributed by atoms with Crippen molar-refractivity contribution in [3.05, 3.63) is 74.9 Å². The topological polar surface area (TPSA) is 111 Å². The van der Waals surface area contributed by atoms with Gasteiger partial charge < -0.3 is 10.5 Å². The van der Waals surface area contributed by atoms with Crippen molar-refractivity contribution in [2.45, 2.75) is 39.2 Å². The number of nitrogens with two attached hydrogens (primary N) is 1. The molecule has 186 valence electrons. The summed E-state index contributed by atoms with van der Waals surface area (Å²) in [6.07, 6.45) is 2.88. The number of amides is 3. The number of benzene rings is 2. The highest BCUT2D eigenvalue weighted by molar-refractivity contribution is 6.43. The van der Waals surface area contributed by atoms with Crippen LogP contribution in [0.4, 0.5) is 4.79 Å². The molecule has 1 aromatic heterocycles. The largest absolute Gasteiger partial charge is 0.448 e. The van der Waals surface area contributed by atoms with Gasteiger partial charge in [0.25, 0.3) is 5.91 Å². The smallest absolute Gasteiger partial charge is 0.339 e. The van der Waals surface area contributed by atoms with Crippen LogP contribution in [-0.2, 0) is 16.0 Å². The number of hydrogen-bond donors (Lipinski definition) is 2. The molecule has 0 radical (unpaired) electrons. The van der Waals surface area contributed by atoms with Crippen LogP contribution in [0.1, 0.15) is 53.9 Å². The summed E-state index contributed by atoms with van der Waals surface area (Å²) >= 11 is 12.6. The van der Waals surface area contributed by atoms with Crippen LogP contribution in [0, 0.1) is 5.92 Å². The SMILES string of the molecule is CC(C)[C@H](OC(=O)c1c2c(nc3ccccc13)/C(=C\c1cccc(Cl)c1Cl)CCC2)C(=O)NC(N)=O. The number of fused-ring (bicyclic) bond motifs is 2. The standard InChI is InChI=1S/C27H25Cl2N3O4/c1-14(2)24(25(33)32-27(30)35)36-26(34)21-17-9-3-4-12-20(17)31-23-16(8-5-10-18(21)23)13-15-7-6-11-19(28)22(15)29/h3-4,6-7,9,11-14,24H,5,8,10H2,1-2H3,(H3,30,32,33,35)/b16-13-/t24-/m0/s1. The molecule has 0 aliphatic heterocycles. The Kier molecular flexibility index (Phi) is 7.62. The third-order valence-corrected chi connectivity index (χ3v) is 6.86. The molecule has 3 N–H and O–H groups in total. The molecule has 7 nitrogen and oxygen atoms in total. The van der Waals surface area contributed by atoms with E-state index in [0.717, 1.165) is 29.5 Å². The molecule has 9 heteroatoms. The lowest BCUT2D eigenvalue weighted by Crippen LogP contribution is -2.45. The minimum atomic E-state index is -1.20. The first-order valence-corrected chi connectivity index (χ1v) is 12.3. The van der Waals surface area contributed by atoms with Crippen molar-refractivity contribution in [2.75, 3.05) is 0 Å². The molecule has 0 unspecified atom stereocenters. The molecule has 1 aliphatic carbocycles. The maximum atomic E-state index is 13.6. The number of para-hydroxylation sites is 1. The molecule has 0 fully saturated rings. The molecule has 2 aromatic carbocycles. The zero-order valence-electron chi connectivity index (χ0n) is 19.8. The van der Waals surface area contributed by atoms with Crippen molar-refractivity contribution < 1.29 is 19.1 Å². The van der Waals surface area contributed by atoms with Crippen LogP contribution in [0.15, 0.2) is 42.5 Å². The Labute approximate surface area is 218 Å². The van der Waals surface area contributed by atoms with Crippen LogP contribution >= 0.6 is 23.2 Å². The Morgan fingerprint density at radius 2 is 1.83 bits per heavy atom. The summed E-state index contributed by atoms with van der Waals surface area (Å²) in [5, 5.41) is 3.52. The van der Waals surface area contributed by atoms with E-state index in [4.69, 9.17) is 38.7 Å². The van der Waals surface area contributed by atoms with E-state index in [9.17, 15) is 14.4 Å². The maximum Gasteiger partial charge on any atom is 0.339 e. The molecular weight excluding hydrogens is 501 g/mol. The maximum absolute atomic E-state index is 13.6. The van der Waals surface area contributed by atoms with Gasteiger partial charge in [0.15, 0.2) is 6.10 Å². The fraction of sp³-hybridized carbons (Fsp3) is 0.259. The van der Waals surface area contributed by atoms with Gasteiger partial charge in [0.05, 0.1) is 26.8 Å². The zero-order valence-corrected chi connectivity index (χ0v) is 21.3. The quantitative estimate of drug-likeness (QED) is 0.409. The van der Waals surface area contributed by atoms with Crippen molar-refractivity contribution in [3.8, 4) is 0 Å². The summed E-state index contributed by atoms with van der Waals surface area (Å²) in [5.41, 5.74) is 9.18. The van der Waals surface area contributed by atoms with Gasteiger partial charge in [-0.3, -0.25) is 10.1 Å². The van der Waals surface area contributed by atoms with E-state index >= 15 is 0 Å². The number of pyridine rings is 1. The Balaban J connectivity index is 1.84. The molecule has 3 amide bonds. The molecule has 0 spiro atoms. The number of hydrogen-bond acceptors (Lipinski definition) is 5. The second kappa shape index (κ2) is 10.7. The lowest BCUT2D eigenvalue weighted by Gasteiger charge is -2.25. The van der Waals surface area contributed by atoms with E-state index in [2.05, 4.69) is 0 Å². The van der Waals surface area contributed by atoms with Crippen molar-refractivity contribution >= 4 is 63.7 Å². The van der Waals surface area contributed by atoms with Gasteiger partial charge in [-0.05, 0) is 60.1 Å². The molecule has 1 atom stereocenters. The van der Waals surface area contributed by atoms with Crippen LogP contribution in [0.3, 0.4) is 0 Å². The minimum Gasteiger partial charge on any atom is -0.448 e. The first kappa shape index (κ1) is 25.7. The number of urea groups is 1. The molecule has 0 saturated heterocycles. The van der Waals surface area contributed by atoms with E-state index in [1.54, 1.807) is 26.0 Å². The third-order valence-electron chi connectivity index (χ3n) is 6.03. The fourth-order valence-electron chi connectivity index (χ4n) is 4.39. The number of primary amides is 1. The third kappa shape index (κ3) is 5.22. The highest BCUT2D eigenvalue weighted by Crippen LogP contribution is 2.38. The van der Waals surface area contributed by atoms with Gasteiger partial charge in [-0.25, -0.2) is 14.6 Å². The van der Waals surface area contributed by atoms with Gasteiger partial charge in [0, 0.05) is 5.39 Å². The Hall–Kier alpha value is -3.42. The first-order valence-electron chi connectivity index (χ1n) is 11.5. The normalized spacial score (nSPS) is 15.0. The van der Waals surface area contributed by atoms with Gasteiger partial charge >= 0.3 is 12.0 Å². The Morgan fingerprint density at radius 3 is 2.56 bits per heavy atom. The summed E-state index contributed by atoms with van der Waals surface area (Å²) in [7, 11) is 0. The number of imide groups is 1. The van der Waals surface area contributed by atoms with Crippen molar-refractivity contribution in [2.24, 2.45) is 11.7 Å². The molecule has 0 saturated carbocycles. The van der Waals surface area contributed by atoms with Crippen molar-refractivity contribution in [3.63, 3.8) is 0 Å². The molecular formula is C27H25Cl2N3O4. The van der Waals surface area contributed by atoms with Crippen LogP contribution in [0.5, 0.6) is 0 Å². The van der Waals surface area contributed by atoms with Crippen LogP contribution in [0.25, 0.3) is 22.6 Å². The number of carbonyl (C=O) groups excluding carboxylic acids is 3. The summed E-state index contributed by atoms with van der Waals surface area (Å²) in [5.74, 6) is -1.82. The lowest BCUT2D eigenvalue weighted by molar-refractivity contribution is -0.130. The van der Waals surface area contributed by atoms with E-state index in [1.165, 1.54) is 0 Å². The predicted molar refractivity (Wildman–Crippen MR) is 141 cm³/mol. The zero-order chi connectivity index (χ0) is 26.0. The number of allylic oxidation sites excluding steroid dienone is 1. The Bertz CT molecular complexity index is 1400. The highest BCUT2D eigenvalue weighted by Gasteiger charge is 2.31. The lowest BCUT2D eigenvalue weighted by atomic mass is 9.86. The minimum absolute atomic E-state index is 0.357. The van der Waals surface area contributed by atoms with E-state index < -0.39 is 29.9 Å². The summed E-state index contributed by atoms with van der Waals surface area (Å²) < 4.78 is 5.68. The number of esters is 1. The van der Waals surface area contributed by atoms with Crippen LogP contribution < -0.4 is 11.1 Å². The van der Waals surface area contributed by atoms with Gasteiger partial charge in [-0.1, -0.05) is 67.4 Å². The number of aromatic nitrogens is 1. The summed E-state index contributed by atoms with van der Waals surface area (Å²) in [6, 6.07) is 11.7. The van der Waals surface area contributed by atoms with E-state index in [-0.39, 0.29) is 0 Å². The Morgan fingerprint density at radius 1 is 1.08 bits per heavy atom. The number of halogens is 2. The number of ether oxygens (including phenoxy) is 1.